The normalized spacial score (nSPS) is 11.0. The quantitative estimate of drug-likeness (QED) is 0.434. The Labute approximate surface area is 145 Å². The molecule has 0 aliphatic heterocycles. The highest BCUT2D eigenvalue weighted by Gasteiger charge is 2.04. The van der Waals surface area contributed by atoms with E-state index >= 15 is 0 Å². The average molecular weight is 405 g/mol. The highest BCUT2D eigenvalue weighted by atomic mass is 127. The molecule has 0 amide bonds. The standard InChI is InChI=1S/C15H27N5.HI/c1-6-20(7-2)14-9-8-13(10-17-14)11-18-15(16-5)19-12(3)4;/h8-10,12H,6-7,11H2,1-5H3,(H2,16,18,19);1H. The Morgan fingerprint density at radius 1 is 1.29 bits per heavy atom. The van der Waals surface area contributed by atoms with Crippen molar-refractivity contribution in [3.63, 3.8) is 0 Å². The van der Waals surface area contributed by atoms with Gasteiger partial charge in [-0.25, -0.2) is 4.98 Å². The lowest BCUT2D eigenvalue weighted by Crippen LogP contribution is -2.40. The van der Waals surface area contributed by atoms with Crippen LogP contribution in [-0.2, 0) is 6.54 Å². The summed E-state index contributed by atoms with van der Waals surface area (Å²) in [7, 11) is 1.78. The Bertz CT molecular complexity index is 413. The first-order chi connectivity index (χ1) is 9.60. The summed E-state index contributed by atoms with van der Waals surface area (Å²) in [6.07, 6.45) is 1.92. The molecular weight excluding hydrogens is 377 g/mol. The van der Waals surface area contributed by atoms with Gasteiger partial charge in [0.1, 0.15) is 5.82 Å². The number of anilines is 1. The highest BCUT2D eigenvalue weighted by molar-refractivity contribution is 14.0. The summed E-state index contributed by atoms with van der Waals surface area (Å²) in [6.45, 7) is 11.1. The van der Waals surface area contributed by atoms with Crippen LogP contribution in [0.1, 0.15) is 33.3 Å². The molecule has 0 saturated carbocycles. The number of halogens is 1. The van der Waals surface area contributed by atoms with Gasteiger partial charge in [0.05, 0.1) is 0 Å². The summed E-state index contributed by atoms with van der Waals surface area (Å²) in [5.41, 5.74) is 1.15. The van der Waals surface area contributed by atoms with Gasteiger partial charge in [-0.3, -0.25) is 4.99 Å². The molecule has 0 spiro atoms. The molecule has 0 aliphatic carbocycles. The molecule has 0 fully saturated rings. The Morgan fingerprint density at radius 3 is 2.38 bits per heavy atom. The maximum absolute atomic E-state index is 4.51. The Kier molecular flexibility index (Phi) is 10.1. The van der Waals surface area contributed by atoms with Crippen LogP contribution >= 0.6 is 24.0 Å². The molecule has 0 bridgehead atoms. The lowest BCUT2D eigenvalue weighted by atomic mass is 10.2. The number of aliphatic imine (C=N–C) groups is 1. The molecule has 0 radical (unpaired) electrons. The van der Waals surface area contributed by atoms with Crippen LogP contribution in [0.15, 0.2) is 23.3 Å². The number of rotatable bonds is 6. The minimum Gasteiger partial charge on any atom is -0.357 e. The van der Waals surface area contributed by atoms with E-state index in [-0.39, 0.29) is 24.0 Å². The summed E-state index contributed by atoms with van der Waals surface area (Å²) in [5, 5.41) is 6.54. The number of guanidine groups is 1. The third kappa shape index (κ3) is 6.97. The van der Waals surface area contributed by atoms with E-state index in [9.17, 15) is 0 Å². The lowest BCUT2D eigenvalue weighted by molar-refractivity contribution is 0.699. The van der Waals surface area contributed by atoms with Gasteiger partial charge in [-0.2, -0.15) is 0 Å². The van der Waals surface area contributed by atoms with E-state index < -0.39 is 0 Å². The molecule has 1 aromatic rings. The fraction of sp³-hybridized carbons (Fsp3) is 0.600. The fourth-order valence-corrected chi connectivity index (χ4v) is 1.91. The zero-order valence-electron chi connectivity index (χ0n) is 13.7. The van der Waals surface area contributed by atoms with Crippen molar-refractivity contribution in [1.82, 2.24) is 15.6 Å². The van der Waals surface area contributed by atoms with E-state index in [0.717, 1.165) is 37.0 Å². The van der Waals surface area contributed by atoms with Crippen LogP contribution in [0, 0.1) is 0 Å². The molecule has 0 unspecified atom stereocenters. The summed E-state index contributed by atoms with van der Waals surface area (Å²) in [6, 6.07) is 4.54. The maximum atomic E-state index is 4.51. The summed E-state index contributed by atoms with van der Waals surface area (Å²) in [5.74, 6) is 1.84. The van der Waals surface area contributed by atoms with Gasteiger partial charge in [-0.1, -0.05) is 6.07 Å². The number of hydrogen-bond acceptors (Lipinski definition) is 3. The van der Waals surface area contributed by atoms with Crippen LogP contribution in [0.4, 0.5) is 5.82 Å². The van der Waals surface area contributed by atoms with E-state index in [2.05, 4.69) is 65.3 Å². The van der Waals surface area contributed by atoms with Crippen LogP contribution < -0.4 is 15.5 Å². The van der Waals surface area contributed by atoms with Gasteiger partial charge in [-0.05, 0) is 39.3 Å². The summed E-state index contributed by atoms with van der Waals surface area (Å²) in [4.78, 5) is 10.9. The predicted molar refractivity (Wildman–Crippen MR) is 102 cm³/mol. The van der Waals surface area contributed by atoms with Gasteiger partial charge < -0.3 is 15.5 Å². The summed E-state index contributed by atoms with van der Waals surface area (Å²) >= 11 is 0. The van der Waals surface area contributed by atoms with E-state index in [1.165, 1.54) is 0 Å². The van der Waals surface area contributed by atoms with Crippen molar-refractivity contribution in [2.45, 2.75) is 40.3 Å². The van der Waals surface area contributed by atoms with E-state index in [1.54, 1.807) is 7.05 Å². The Morgan fingerprint density at radius 2 is 1.95 bits per heavy atom. The molecule has 1 aromatic heterocycles. The predicted octanol–water partition coefficient (Wildman–Crippen LogP) is 2.62. The second-order valence-corrected chi connectivity index (χ2v) is 4.92. The van der Waals surface area contributed by atoms with Gasteiger partial charge in [0.25, 0.3) is 0 Å². The molecule has 0 aromatic carbocycles. The van der Waals surface area contributed by atoms with Crippen LogP contribution in [0.5, 0.6) is 0 Å². The van der Waals surface area contributed by atoms with Crippen molar-refractivity contribution < 1.29 is 0 Å². The molecule has 21 heavy (non-hydrogen) atoms. The first-order valence-corrected chi connectivity index (χ1v) is 7.27. The second kappa shape index (κ2) is 10.6. The zero-order chi connectivity index (χ0) is 15.0. The lowest BCUT2D eigenvalue weighted by Gasteiger charge is -2.20. The first kappa shape index (κ1) is 19.9. The third-order valence-electron chi connectivity index (χ3n) is 3.01. The first-order valence-electron chi connectivity index (χ1n) is 7.27. The fourth-order valence-electron chi connectivity index (χ4n) is 1.91. The largest absolute Gasteiger partial charge is 0.357 e. The highest BCUT2D eigenvalue weighted by Crippen LogP contribution is 2.10. The van der Waals surface area contributed by atoms with Crippen LogP contribution in [0.25, 0.3) is 0 Å². The van der Waals surface area contributed by atoms with Gasteiger partial charge >= 0.3 is 0 Å². The van der Waals surface area contributed by atoms with E-state index in [4.69, 9.17) is 0 Å². The molecule has 0 aliphatic rings. The molecule has 0 atom stereocenters. The molecule has 120 valence electrons. The maximum Gasteiger partial charge on any atom is 0.191 e. The Balaban J connectivity index is 0.00000400. The van der Waals surface area contributed by atoms with Crippen LogP contribution in [0.2, 0.25) is 0 Å². The molecule has 0 saturated heterocycles. The van der Waals surface area contributed by atoms with Crippen molar-refractivity contribution in [2.75, 3.05) is 25.0 Å². The van der Waals surface area contributed by atoms with E-state index in [1.807, 2.05) is 6.20 Å². The van der Waals surface area contributed by atoms with Gasteiger partial charge in [0, 0.05) is 38.9 Å². The SMILES string of the molecule is CCN(CC)c1ccc(CNC(=NC)NC(C)C)cn1.I. The van der Waals surface area contributed by atoms with E-state index in [0.29, 0.717) is 6.04 Å². The number of hydrogen-bond donors (Lipinski definition) is 2. The topological polar surface area (TPSA) is 52.5 Å². The minimum atomic E-state index is 0. The molecule has 5 nitrogen and oxygen atoms in total. The monoisotopic (exact) mass is 405 g/mol. The zero-order valence-corrected chi connectivity index (χ0v) is 16.0. The average Bonchev–Trinajstić information content (AvgIpc) is 2.45. The smallest absolute Gasteiger partial charge is 0.191 e. The van der Waals surface area contributed by atoms with Crippen molar-refractivity contribution >= 4 is 35.8 Å². The van der Waals surface area contributed by atoms with Gasteiger partial charge in [0.15, 0.2) is 5.96 Å². The second-order valence-electron chi connectivity index (χ2n) is 4.92. The Hall–Kier alpha value is -1.05. The minimum absolute atomic E-state index is 0. The molecule has 1 rings (SSSR count). The van der Waals surface area contributed by atoms with Crippen molar-refractivity contribution in [1.29, 1.82) is 0 Å². The van der Waals surface area contributed by atoms with Gasteiger partial charge in [0.2, 0.25) is 0 Å². The van der Waals surface area contributed by atoms with Crippen LogP contribution in [0.3, 0.4) is 0 Å². The number of pyridine rings is 1. The van der Waals surface area contributed by atoms with Crippen molar-refractivity contribution in [3.05, 3.63) is 23.9 Å². The number of nitrogens with zero attached hydrogens (tertiary/aromatic N) is 3. The molecule has 2 N–H and O–H groups in total. The van der Waals surface area contributed by atoms with Crippen LogP contribution in [-0.4, -0.2) is 37.1 Å². The molecular formula is C15H28IN5. The number of aromatic nitrogens is 1. The third-order valence-corrected chi connectivity index (χ3v) is 3.01. The van der Waals surface area contributed by atoms with Crippen molar-refractivity contribution in [3.8, 4) is 0 Å². The molecule has 6 heteroatoms. The summed E-state index contributed by atoms with van der Waals surface area (Å²) < 4.78 is 0. The van der Waals surface area contributed by atoms with Crippen molar-refractivity contribution in [2.24, 2.45) is 4.99 Å². The van der Waals surface area contributed by atoms with Gasteiger partial charge in [-0.15, -0.1) is 24.0 Å². The molecule has 1 heterocycles. The number of nitrogens with one attached hydrogen (secondary N) is 2.